The molecular weight excluding hydrogens is 428 g/mol. The summed E-state index contributed by atoms with van der Waals surface area (Å²) < 4.78 is 6.15. The Balaban J connectivity index is 2.05. The van der Waals surface area contributed by atoms with Gasteiger partial charge < -0.3 is 24.6 Å². The molecule has 0 aliphatic carbocycles. The van der Waals surface area contributed by atoms with Crippen LogP contribution in [-0.2, 0) is 4.18 Å². The minimum atomic E-state index is -3.05. The van der Waals surface area contributed by atoms with E-state index < -0.39 is 27.8 Å². The van der Waals surface area contributed by atoms with E-state index in [1.54, 1.807) is 72.8 Å². The molecule has 0 saturated carbocycles. The second-order valence-corrected chi connectivity index (χ2v) is 9.51. The summed E-state index contributed by atoms with van der Waals surface area (Å²) in [6.45, 7) is 0. The van der Waals surface area contributed by atoms with Crippen LogP contribution in [0.5, 0.6) is 23.0 Å². The highest BCUT2D eigenvalue weighted by molar-refractivity contribution is 8.30. The molecule has 6 nitrogen and oxygen atoms in total. The Morgan fingerprint density at radius 2 is 1.09 bits per heavy atom. The monoisotopic (exact) mass is 448 g/mol. The van der Waals surface area contributed by atoms with E-state index >= 15 is 0 Å². The van der Waals surface area contributed by atoms with Gasteiger partial charge in [0.2, 0.25) is 0 Å². The minimum Gasteiger partial charge on any atom is -0.508 e. The standard InChI is InChI=1S/C25H20O6S/c26-17-15-22(28)24(23(29)16-17)32(18-9-3-1-4-10-18,19-11-5-2-6-12-19)31-25(30)20-13-7-8-14-21(20)27/h1-16,26-29H. The molecule has 0 amide bonds. The highest BCUT2D eigenvalue weighted by atomic mass is 32.3. The smallest absolute Gasteiger partial charge is 0.353 e. The van der Waals surface area contributed by atoms with Gasteiger partial charge in [-0.1, -0.05) is 48.5 Å². The summed E-state index contributed by atoms with van der Waals surface area (Å²) in [5, 5.41) is 41.7. The molecule has 0 unspecified atom stereocenters. The number of aromatic hydroxyl groups is 4. The number of phenolic OH excluding ortho intramolecular Hbond substituents is 4. The Morgan fingerprint density at radius 1 is 0.625 bits per heavy atom. The number of phenols is 4. The molecule has 0 heterocycles. The van der Waals surface area contributed by atoms with Crippen LogP contribution in [0.25, 0.3) is 0 Å². The molecule has 4 N–H and O–H groups in total. The van der Waals surface area contributed by atoms with Crippen LogP contribution in [0, 0.1) is 0 Å². The number of carbonyl (C=O) groups is 1. The molecule has 162 valence electrons. The number of carbonyl (C=O) groups excluding carboxylic acids is 1. The van der Waals surface area contributed by atoms with Gasteiger partial charge in [-0.25, -0.2) is 4.79 Å². The van der Waals surface area contributed by atoms with Crippen molar-refractivity contribution < 1.29 is 29.4 Å². The zero-order valence-electron chi connectivity index (χ0n) is 16.8. The highest BCUT2D eigenvalue weighted by Gasteiger charge is 2.41. The van der Waals surface area contributed by atoms with E-state index in [0.717, 1.165) is 12.1 Å². The van der Waals surface area contributed by atoms with Crippen LogP contribution in [0.4, 0.5) is 0 Å². The second kappa shape index (κ2) is 8.56. The fraction of sp³-hybridized carbons (Fsp3) is 0. The van der Waals surface area contributed by atoms with Crippen molar-refractivity contribution in [1.82, 2.24) is 0 Å². The third-order valence-corrected chi connectivity index (χ3v) is 8.06. The zero-order valence-corrected chi connectivity index (χ0v) is 17.6. The molecule has 4 rings (SSSR count). The maximum absolute atomic E-state index is 13.3. The van der Waals surface area contributed by atoms with Crippen LogP contribution in [0.2, 0.25) is 0 Å². The van der Waals surface area contributed by atoms with E-state index in [9.17, 15) is 25.2 Å². The van der Waals surface area contributed by atoms with Gasteiger partial charge in [-0.3, -0.25) is 0 Å². The largest absolute Gasteiger partial charge is 0.508 e. The van der Waals surface area contributed by atoms with Gasteiger partial charge in [0.15, 0.2) is 0 Å². The topological polar surface area (TPSA) is 107 Å². The number of hydrogen-bond acceptors (Lipinski definition) is 6. The van der Waals surface area contributed by atoms with Gasteiger partial charge in [0.25, 0.3) is 0 Å². The SMILES string of the molecule is O=C(OS(c1ccccc1)(c1ccccc1)c1c(O)cc(O)cc1O)c1ccccc1O. The third-order valence-electron chi connectivity index (χ3n) is 4.80. The molecule has 7 heteroatoms. The first-order valence-electron chi connectivity index (χ1n) is 9.64. The maximum atomic E-state index is 13.3. The second-order valence-electron chi connectivity index (χ2n) is 6.88. The fourth-order valence-electron chi connectivity index (χ4n) is 3.42. The van der Waals surface area contributed by atoms with Gasteiger partial charge >= 0.3 is 5.97 Å². The van der Waals surface area contributed by atoms with Crippen LogP contribution in [-0.4, -0.2) is 26.4 Å². The Labute approximate surface area is 186 Å². The van der Waals surface area contributed by atoms with Gasteiger partial charge in [0, 0.05) is 32.2 Å². The number of benzene rings is 4. The van der Waals surface area contributed by atoms with Crippen LogP contribution in [0.15, 0.2) is 112 Å². The van der Waals surface area contributed by atoms with Crippen molar-refractivity contribution in [2.24, 2.45) is 0 Å². The normalized spacial score (nSPS) is 11.6. The van der Waals surface area contributed by atoms with Gasteiger partial charge in [0.05, 0.1) is 0 Å². The van der Waals surface area contributed by atoms with Gasteiger partial charge in [-0.2, -0.15) is 0 Å². The van der Waals surface area contributed by atoms with Crippen LogP contribution < -0.4 is 0 Å². The first-order valence-corrected chi connectivity index (χ1v) is 11.2. The summed E-state index contributed by atoms with van der Waals surface area (Å²) in [5.74, 6) is -2.31. The Kier molecular flexibility index (Phi) is 5.66. The molecule has 0 fully saturated rings. The quantitative estimate of drug-likeness (QED) is 0.318. The summed E-state index contributed by atoms with van der Waals surface area (Å²) in [7, 11) is -3.05. The lowest BCUT2D eigenvalue weighted by Gasteiger charge is -2.40. The van der Waals surface area contributed by atoms with Crippen molar-refractivity contribution in [3.05, 3.63) is 103 Å². The van der Waals surface area contributed by atoms with Crippen molar-refractivity contribution in [2.75, 3.05) is 0 Å². The van der Waals surface area contributed by atoms with Crippen molar-refractivity contribution in [1.29, 1.82) is 0 Å². The first kappa shape index (κ1) is 21.1. The molecule has 32 heavy (non-hydrogen) atoms. The van der Waals surface area contributed by atoms with Crippen LogP contribution >= 0.6 is 10.3 Å². The average molecular weight is 448 g/mol. The minimum absolute atomic E-state index is 0.0449. The summed E-state index contributed by atoms with van der Waals surface area (Å²) in [4.78, 5) is 14.3. The van der Waals surface area contributed by atoms with Gasteiger partial charge in [-0.15, -0.1) is 0 Å². The molecule has 0 bridgehead atoms. The van der Waals surface area contributed by atoms with Crippen LogP contribution in [0.1, 0.15) is 10.4 Å². The van der Waals surface area contributed by atoms with Crippen LogP contribution in [0.3, 0.4) is 0 Å². The van der Waals surface area contributed by atoms with E-state index in [-0.39, 0.29) is 22.0 Å². The Hall–Kier alpha value is -4.10. The molecule has 0 radical (unpaired) electrons. The van der Waals surface area contributed by atoms with Crippen molar-refractivity contribution in [3.63, 3.8) is 0 Å². The molecule has 0 aliphatic heterocycles. The lowest BCUT2D eigenvalue weighted by molar-refractivity contribution is 0.0754. The lowest BCUT2D eigenvalue weighted by atomic mass is 10.2. The first-order chi connectivity index (χ1) is 15.4. The molecule has 0 saturated heterocycles. The fourth-order valence-corrected chi connectivity index (χ4v) is 6.54. The lowest BCUT2D eigenvalue weighted by Crippen LogP contribution is -2.14. The van der Waals surface area contributed by atoms with Crippen molar-refractivity contribution >= 4 is 16.3 Å². The molecule has 0 aliphatic rings. The summed E-state index contributed by atoms with van der Waals surface area (Å²) in [5.41, 5.74) is -0.0611. The third kappa shape index (κ3) is 3.70. The zero-order chi connectivity index (χ0) is 22.7. The molecular formula is C25H20O6S. The summed E-state index contributed by atoms with van der Waals surface area (Å²) in [6, 6.07) is 25.6. The maximum Gasteiger partial charge on any atom is 0.353 e. The van der Waals surface area contributed by atoms with Crippen molar-refractivity contribution in [2.45, 2.75) is 14.7 Å². The predicted molar refractivity (Wildman–Crippen MR) is 120 cm³/mol. The summed E-state index contributed by atoms with van der Waals surface area (Å²) >= 11 is 0. The molecule has 0 atom stereocenters. The van der Waals surface area contributed by atoms with E-state index in [2.05, 4.69) is 0 Å². The number of hydrogen-bond donors (Lipinski definition) is 4. The number of para-hydroxylation sites is 1. The van der Waals surface area contributed by atoms with E-state index in [0.29, 0.717) is 9.79 Å². The average Bonchev–Trinajstić information content (AvgIpc) is 2.79. The van der Waals surface area contributed by atoms with Crippen molar-refractivity contribution in [3.8, 4) is 23.0 Å². The number of rotatable bonds is 5. The van der Waals surface area contributed by atoms with E-state index in [1.165, 1.54) is 12.1 Å². The molecule has 4 aromatic carbocycles. The molecule has 0 spiro atoms. The van der Waals surface area contributed by atoms with Gasteiger partial charge in [0.1, 0.15) is 33.5 Å². The highest BCUT2D eigenvalue weighted by Crippen LogP contribution is 2.73. The van der Waals surface area contributed by atoms with E-state index in [4.69, 9.17) is 4.18 Å². The Bertz CT molecular complexity index is 1200. The predicted octanol–water partition coefficient (Wildman–Crippen LogP) is 5.56. The Morgan fingerprint density at radius 3 is 1.59 bits per heavy atom. The molecule has 0 aromatic heterocycles. The van der Waals surface area contributed by atoms with E-state index in [1.807, 2.05) is 0 Å². The summed E-state index contributed by atoms with van der Waals surface area (Å²) in [6.07, 6.45) is 0. The van der Waals surface area contributed by atoms with Gasteiger partial charge in [-0.05, 0) is 36.4 Å². The molecule has 4 aromatic rings.